The lowest BCUT2D eigenvalue weighted by molar-refractivity contribution is -0.137. The van der Waals surface area contributed by atoms with E-state index in [0.717, 1.165) is 75.8 Å². The van der Waals surface area contributed by atoms with Gasteiger partial charge in [0.05, 0.1) is 5.56 Å². The van der Waals surface area contributed by atoms with Gasteiger partial charge in [-0.15, -0.1) is 0 Å². The van der Waals surface area contributed by atoms with Crippen LogP contribution in [0.1, 0.15) is 30.4 Å². The van der Waals surface area contributed by atoms with Crippen molar-refractivity contribution >= 4 is 5.96 Å². The number of aliphatic imine (C=N–C) groups is 1. The van der Waals surface area contributed by atoms with Crippen LogP contribution in [0.25, 0.3) is 0 Å². The first-order chi connectivity index (χ1) is 14.7. The number of hydrogen-bond donors (Lipinski definition) is 2. The highest BCUT2D eigenvalue weighted by Crippen LogP contribution is 2.29. The van der Waals surface area contributed by atoms with Gasteiger partial charge in [0, 0.05) is 58.0 Å². The summed E-state index contributed by atoms with van der Waals surface area (Å²) in [4.78, 5) is 8.92. The molecular weight excluding hydrogens is 407 g/mol. The minimum atomic E-state index is -4.29. The van der Waals surface area contributed by atoms with Crippen LogP contribution in [0.4, 0.5) is 13.2 Å². The fourth-order valence-electron chi connectivity index (χ4n) is 4.32. The van der Waals surface area contributed by atoms with Crippen LogP contribution in [0.5, 0.6) is 0 Å². The first-order valence-corrected chi connectivity index (χ1v) is 10.8. The molecule has 31 heavy (non-hydrogen) atoms. The topological polar surface area (TPSA) is 52.1 Å². The number of likely N-dealkylation sites (tertiary alicyclic amines) is 1. The van der Waals surface area contributed by atoms with Gasteiger partial charge < -0.3 is 20.3 Å². The molecule has 2 saturated heterocycles. The quantitative estimate of drug-likeness (QED) is 0.525. The molecule has 0 spiro atoms. The van der Waals surface area contributed by atoms with Crippen molar-refractivity contribution in [2.45, 2.75) is 43.6 Å². The zero-order chi connectivity index (χ0) is 22.5. The van der Waals surface area contributed by atoms with E-state index >= 15 is 0 Å². The Morgan fingerprint density at radius 3 is 2.48 bits per heavy atom. The van der Waals surface area contributed by atoms with Gasteiger partial charge >= 0.3 is 6.18 Å². The molecule has 0 bridgehead atoms. The summed E-state index contributed by atoms with van der Waals surface area (Å²) in [6, 6.07) is 5.70. The smallest absolute Gasteiger partial charge is 0.381 e. The number of nitrogens with one attached hydrogen (secondary N) is 2. The average molecular weight is 442 g/mol. The lowest BCUT2D eigenvalue weighted by Crippen LogP contribution is -2.57. The van der Waals surface area contributed by atoms with Gasteiger partial charge in [0.1, 0.15) is 0 Å². The molecule has 1 aromatic rings. The maximum Gasteiger partial charge on any atom is 0.416 e. The van der Waals surface area contributed by atoms with Gasteiger partial charge in [-0.2, -0.15) is 13.2 Å². The van der Waals surface area contributed by atoms with Gasteiger partial charge in [0.2, 0.25) is 0 Å². The molecule has 2 aliphatic heterocycles. The molecule has 2 heterocycles. The molecule has 0 amide bonds. The van der Waals surface area contributed by atoms with Gasteiger partial charge in [-0.3, -0.25) is 9.89 Å². The molecule has 1 atom stereocenters. The van der Waals surface area contributed by atoms with Crippen molar-refractivity contribution in [2.75, 3.05) is 54.0 Å². The largest absolute Gasteiger partial charge is 0.416 e. The van der Waals surface area contributed by atoms with Gasteiger partial charge in [-0.25, -0.2) is 0 Å². The standard InChI is InChI=1S/C22H34F3N5O/c1-26-20(27-16-21(29(2)3)9-12-31-13-10-21)28-19-8-11-30(15-19)14-17-4-6-18(7-5-17)22(23,24)25/h4-7,19H,8-16H2,1-3H3,(H2,26,27,28). The Hall–Kier alpha value is -1.84. The van der Waals surface area contributed by atoms with E-state index in [1.54, 1.807) is 19.2 Å². The number of nitrogens with zero attached hydrogens (tertiary/aromatic N) is 3. The number of halogens is 3. The lowest BCUT2D eigenvalue weighted by atomic mass is 9.88. The molecule has 1 aromatic carbocycles. The Morgan fingerprint density at radius 1 is 1.23 bits per heavy atom. The molecule has 0 aromatic heterocycles. The Bertz CT molecular complexity index is 730. The van der Waals surface area contributed by atoms with Crippen LogP contribution < -0.4 is 10.6 Å². The molecule has 2 N–H and O–H groups in total. The molecule has 9 heteroatoms. The second-order valence-corrected chi connectivity index (χ2v) is 8.72. The Labute approximate surface area is 182 Å². The van der Waals surface area contributed by atoms with Crippen molar-refractivity contribution in [3.05, 3.63) is 35.4 Å². The van der Waals surface area contributed by atoms with Gasteiger partial charge in [0.15, 0.2) is 5.96 Å². The minimum absolute atomic E-state index is 0.0557. The third-order valence-corrected chi connectivity index (χ3v) is 6.48. The molecule has 0 radical (unpaired) electrons. The van der Waals surface area contributed by atoms with Crippen molar-refractivity contribution in [1.29, 1.82) is 0 Å². The number of rotatable bonds is 6. The second-order valence-electron chi connectivity index (χ2n) is 8.72. The van der Waals surface area contributed by atoms with Crippen molar-refractivity contribution in [1.82, 2.24) is 20.4 Å². The molecule has 2 fully saturated rings. The monoisotopic (exact) mass is 441 g/mol. The van der Waals surface area contributed by atoms with Gasteiger partial charge in [-0.1, -0.05) is 12.1 Å². The lowest BCUT2D eigenvalue weighted by Gasteiger charge is -2.43. The number of alkyl halides is 3. The second kappa shape index (κ2) is 10.2. The third-order valence-electron chi connectivity index (χ3n) is 6.48. The number of guanidine groups is 1. The van der Waals surface area contributed by atoms with Crippen molar-refractivity contribution in [2.24, 2.45) is 4.99 Å². The molecule has 1 unspecified atom stereocenters. The minimum Gasteiger partial charge on any atom is -0.381 e. The number of hydrogen-bond acceptors (Lipinski definition) is 4. The highest BCUT2D eigenvalue weighted by atomic mass is 19.4. The van der Waals surface area contributed by atoms with Gasteiger partial charge in [0.25, 0.3) is 0 Å². The maximum absolute atomic E-state index is 12.7. The van der Waals surface area contributed by atoms with Gasteiger partial charge in [-0.05, 0) is 51.1 Å². The summed E-state index contributed by atoms with van der Waals surface area (Å²) in [5.74, 6) is 0.786. The molecule has 0 aliphatic carbocycles. The molecular formula is C22H34F3N5O. The number of benzene rings is 1. The highest BCUT2D eigenvalue weighted by Gasteiger charge is 2.35. The molecule has 2 aliphatic rings. The van der Waals surface area contributed by atoms with Crippen LogP contribution in [-0.4, -0.2) is 81.3 Å². The Kier molecular flexibility index (Phi) is 7.82. The molecule has 6 nitrogen and oxygen atoms in total. The van der Waals surface area contributed by atoms with E-state index in [1.807, 2.05) is 0 Å². The van der Waals surface area contributed by atoms with E-state index in [0.29, 0.717) is 6.54 Å². The fraction of sp³-hybridized carbons (Fsp3) is 0.682. The SMILES string of the molecule is CN=C(NCC1(N(C)C)CCOCC1)NC1CCN(Cc2ccc(C(F)(F)F)cc2)C1. The van der Waals surface area contributed by atoms with Crippen LogP contribution in [-0.2, 0) is 17.5 Å². The predicted octanol–water partition coefficient (Wildman–Crippen LogP) is 2.56. The molecule has 0 saturated carbocycles. The van der Waals surface area contributed by atoms with Crippen molar-refractivity contribution < 1.29 is 17.9 Å². The van der Waals surface area contributed by atoms with E-state index in [4.69, 9.17) is 4.74 Å². The Morgan fingerprint density at radius 2 is 1.90 bits per heavy atom. The van der Waals surface area contributed by atoms with Crippen molar-refractivity contribution in [3.8, 4) is 0 Å². The van der Waals surface area contributed by atoms with E-state index < -0.39 is 11.7 Å². The summed E-state index contributed by atoms with van der Waals surface area (Å²) in [6.07, 6.45) is -1.36. The zero-order valence-corrected chi connectivity index (χ0v) is 18.6. The fourth-order valence-corrected chi connectivity index (χ4v) is 4.32. The van der Waals surface area contributed by atoms with E-state index in [2.05, 4.69) is 39.5 Å². The van der Waals surface area contributed by atoms with Crippen LogP contribution in [0, 0.1) is 0 Å². The maximum atomic E-state index is 12.7. The van der Waals surface area contributed by atoms with E-state index in [-0.39, 0.29) is 11.6 Å². The Balaban J connectivity index is 1.48. The van der Waals surface area contributed by atoms with Crippen LogP contribution >= 0.6 is 0 Å². The highest BCUT2D eigenvalue weighted by molar-refractivity contribution is 5.80. The number of ether oxygens (including phenoxy) is 1. The first kappa shape index (κ1) is 23.8. The molecule has 174 valence electrons. The average Bonchev–Trinajstić information content (AvgIpc) is 3.18. The van der Waals surface area contributed by atoms with Crippen molar-refractivity contribution in [3.63, 3.8) is 0 Å². The third kappa shape index (κ3) is 6.33. The summed E-state index contributed by atoms with van der Waals surface area (Å²) in [7, 11) is 6.00. The summed E-state index contributed by atoms with van der Waals surface area (Å²) in [6.45, 7) is 4.71. The first-order valence-electron chi connectivity index (χ1n) is 10.8. The predicted molar refractivity (Wildman–Crippen MR) is 116 cm³/mol. The summed E-state index contributed by atoms with van der Waals surface area (Å²) < 4.78 is 43.7. The van der Waals surface area contributed by atoms with Crippen LogP contribution in [0.3, 0.4) is 0 Å². The summed E-state index contributed by atoms with van der Waals surface area (Å²) >= 11 is 0. The van der Waals surface area contributed by atoms with Crippen LogP contribution in [0.15, 0.2) is 29.3 Å². The van der Waals surface area contributed by atoms with E-state index in [9.17, 15) is 13.2 Å². The van der Waals surface area contributed by atoms with Crippen LogP contribution in [0.2, 0.25) is 0 Å². The molecule has 3 rings (SSSR count). The zero-order valence-electron chi connectivity index (χ0n) is 18.6. The normalized spacial score (nSPS) is 22.7. The summed E-state index contributed by atoms with van der Waals surface area (Å²) in [5.41, 5.74) is 0.343. The number of likely N-dealkylation sites (N-methyl/N-ethyl adjacent to an activating group) is 1. The van der Waals surface area contributed by atoms with E-state index in [1.165, 1.54) is 0 Å². The summed E-state index contributed by atoms with van der Waals surface area (Å²) in [5, 5.41) is 6.99.